The number of carbonyl (C=O) groups is 2. The van der Waals surface area contributed by atoms with Gasteiger partial charge in [0, 0.05) is 18.2 Å². The van der Waals surface area contributed by atoms with E-state index in [1.54, 1.807) is 43.5 Å². The van der Waals surface area contributed by atoms with E-state index in [2.05, 4.69) is 47.5 Å². The van der Waals surface area contributed by atoms with Crippen LogP contribution in [0.3, 0.4) is 0 Å². The van der Waals surface area contributed by atoms with E-state index in [4.69, 9.17) is 13.9 Å². The molecule has 0 bridgehead atoms. The van der Waals surface area contributed by atoms with Crippen LogP contribution in [-0.4, -0.2) is 30.4 Å². The van der Waals surface area contributed by atoms with Crippen LogP contribution in [0.1, 0.15) is 57.5 Å². The highest BCUT2D eigenvalue weighted by Crippen LogP contribution is 2.41. The van der Waals surface area contributed by atoms with E-state index < -0.39 is 0 Å². The molecule has 2 aliphatic rings. The van der Waals surface area contributed by atoms with E-state index in [0.717, 1.165) is 36.9 Å². The molecule has 0 saturated heterocycles. The fourth-order valence-corrected chi connectivity index (χ4v) is 5.19. The molecule has 1 aliphatic carbocycles. The Bertz CT molecular complexity index is 1520. The molecule has 1 aliphatic heterocycles. The number of furan rings is 1. The Hall–Kier alpha value is -4.52. The number of ether oxygens (including phenoxy) is 2. The summed E-state index contributed by atoms with van der Waals surface area (Å²) in [6.07, 6.45) is 2.78. The van der Waals surface area contributed by atoms with Gasteiger partial charge in [0.25, 0.3) is 5.91 Å². The van der Waals surface area contributed by atoms with Gasteiger partial charge in [-0.05, 0) is 91.4 Å². The molecule has 3 aromatic carbocycles. The van der Waals surface area contributed by atoms with Gasteiger partial charge in [-0.15, -0.1) is 0 Å². The summed E-state index contributed by atoms with van der Waals surface area (Å²) >= 11 is 0. The van der Waals surface area contributed by atoms with Gasteiger partial charge in [0.15, 0.2) is 5.76 Å². The maximum absolute atomic E-state index is 13.3. The van der Waals surface area contributed by atoms with E-state index in [0.29, 0.717) is 22.9 Å². The van der Waals surface area contributed by atoms with Gasteiger partial charge in [-0.3, -0.25) is 9.59 Å². The predicted octanol–water partition coefficient (Wildman–Crippen LogP) is 6.31. The molecular formula is C33H32N2O5. The van der Waals surface area contributed by atoms with Crippen molar-refractivity contribution in [1.82, 2.24) is 4.90 Å². The van der Waals surface area contributed by atoms with Crippen LogP contribution in [0.5, 0.6) is 11.5 Å². The van der Waals surface area contributed by atoms with Gasteiger partial charge in [0.2, 0.25) is 5.91 Å². The third-order valence-corrected chi connectivity index (χ3v) is 7.56. The summed E-state index contributed by atoms with van der Waals surface area (Å²) in [7, 11) is 1.59. The number of aryl methyl sites for hydroxylation is 1. The van der Waals surface area contributed by atoms with Crippen molar-refractivity contribution in [3.8, 4) is 11.5 Å². The number of nitrogens with one attached hydrogen (secondary N) is 1. The minimum Gasteiger partial charge on any atom is -0.497 e. The number of amides is 2. The SMILES string of the molecule is COc1ccc(NC(=O)c2ccc(COc3ccc4c(c3)C(c3ccc(C)cc3)N(C(=O)C3CC3)CC4)o2)cc1. The first kappa shape index (κ1) is 25.7. The molecule has 40 heavy (non-hydrogen) atoms. The molecule has 0 radical (unpaired) electrons. The summed E-state index contributed by atoms with van der Waals surface area (Å²) in [5.74, 6) is 2.21. The molecule has 1 N–H and O–H groups in total. The fourth-order valence-electron chi connectivity index (χ4n) is 5.19. The van der Waals surface area contributed by atoms with Crippen LogP contribution in [0.25, 0.3) is 0 Å². The first-order valence-electron chi connectivity index (χ1n) is 13.7. The first-order valence-corrected chi connectivity index (χ1v) is 13.7. The number of anilines is 1. The van der Waals surface area contributed by atoms with Crippen molar-refractivity contribution in [2.24, 2.45) is 5.92 Å². The van der Waals surface area contributed by atoms with Crippen molar-refractivity contribution in [2.45, 2.75) is 38.8 Å². The van der Waals surface area contributed by atoms with Gasteiger partial charge >= 0.3 is 0 Å². The standard InChI is InChI=1S/C33H32N2O5/c1-21-3-5-23(6-4-21)31-29-19-27(12-9-22(29)17-18-35(31)33(37)24-7-8-24)39-20-28-15-16-30(40-28)32(36)34-25-10-13-26(38-2)14-11-25/h3-6,9-16,19,24,31H,7-8,17-18,20H2,1-2H3,(H,34,36). The Balaban J connectivity index is 1.17. The van der Waals surface area contributed by atoms with Gasteiger partial charge in [0.1, 0.15) is 23.9 Å². The Morgan fingerprint density at radius 3 is 2.42 bits per heavy atom. The molecule has 7 heteroatoms. The molecule has 4 aromatic rings. The van der Waals surface area contributed by atoms with Crippen LogP contribution in [0, 0.1) is 12.8 Å². The van der Waals surface area contributed by atoms with E-state index >= 15 is 0 Å². The molecule has 1 atom stereocenters. The number of benzene rings is 3. The molecule has 204 valence electrons. The number of fused-ring (bicyclic) bond motifs is 1. The Morgan fingerprint density at radius 1 is 0.950 bits per heavy atom. The second-order valence-corrected chi connectivity index (χ2v) is 10.5. The average Bonchev–Trinajstić information content (AvgIpc) is 3.73. The number of hydrogen-bond acceptors (Lipinski definition) is 5. The van der Waals surface area contributed by atoms with Crippen molar-refractivity contribution < 1.29 is 23.5 Å². The van der Waals surface area contributed by atoms with Crippen LogP contribution in [0.15, 0.2) is 83.3 Å². The zero-order valence-electron chi connectivity index (χ0n) is 22.7. The average molecular weight is 537 g/mol. The third kappa shape index (κ3) is 5.45. The molecular weight excluding hydrogens is 504 g/mol. The summed E-state index contributed by atoms with van der Waals surface area (Å²) in [6, 6.07) is 24.9. The largest absolute Gasteiger partial charge is 0.497 e. The van der Waals surface area contributed by atoms with Crippen molar-refractivity contribution >= 4 is 17.5 Å². The molecule has 1 unspecified atom stereocenters. The second-order valence-electron chi connectivity index (χ2n) is 10.5. The molecule has 1 aromatic heterocycles. The Morgan fingerprint density at radius 2 is 1.70 bits per heavy atom. The van der Waals surface area contributed by atoms with E-state index in [-0.39, 0.29) is 36.1 Å². The fraction of sp³-hybridized carbons (Fsp3) is 0.273. The highest BCUT2D eigenvalue weighted by Gasteiger charge is 2.39. The Kier molecular flexibility index (Phi) is 7.03. The van der Waals surface area contributed by atoms with Crippen LogP contribution < -0.4 is 14.8 Å². The number of nitrogens with zero attached hydrogens (tertiary/aromatic N) is 1. The first-order chi connectivity index (χ1) is 19.5. The normalized spacial score (nSPS) is 16.2. The monoisotopic (exact) mass is 536 g/mol. The topological polar surface area (TPSA) is 81.0 Å². The van der Waals surface area contributed by atoms with E-state index in [1.165, 1.54) is 11.1 Å². The van der Waals surface area contributed by atoms with E-state index in [1.807, 2.05) is 12.1 Å². The number of rotatable bonds is 8. The maximum atomic E-state index is 13.3. The predicted molar refractivity (Wildman–Crippen MR) is 152 cm³/mol. The van der Waals surface area contributed by atoms with Crippen molar-refractivity contribution in [1.29, 1.82) is 0 Å². The molecule has 2 amide bonds. The van der Waals surface area contributed by atoms with Crippen molar-refractivity contribution in [3.63, 3.8) is 0 Å². The molecule has 6 rings (SSSR count). The Labute approximate surface area is 233 Å². The molecule has 1 fully saturated rings. The van der Waals surface area contributed by atoms with Crippen molar-refractivity contribution in [3.05, 3.63) is 113 Å². The lowest BCUT2D eigenvalue weighted by Crippen LogP contribution is -2.41. The number of hydrogen-bond donors (Lipinski definition) is 1. The van der Waals surface area contributed by atoms with Gasteiger partial charge < -0.3 is 24.1 Å². The van der Waals surface area contributed by atoms with Gasteiger partial charge in [-0.25, -0.2) is 0 Å². The quantitative estimate of drug-likeness (QED) is 0.285. The molecule has 0 spiro atoms. The summed E-state index contributed by atoms with van der Waals surface area (Å²) in [6.45, 7) is 2.96. The smallest absolute Gasteiger partial charge is 0.291 e. The zero-order chi connectivity index (χ0) is 27.6. The highest BCUT2D eigenvalue weighted by atomic mass is 16.5. The number of methoxy groups -OCH3 is 1. The molecule has 2 heterocycles. The summed E-state index contributed by atoms with van der Waals surface area (Å²) in [4.78, 5) is 27.9. The minimum absolute atomic E-state index is 0.141. The van der Waals surface area contributed by atoms with Crippen LogP contribution in [0.4, 0.5) is 5.69 Å². The lowest BCUT2D eigenvalue weighted by molar-refractivity contribution is -0.134. The third-order valence-electron chi connectivity index (χ3n) is 7.56. The van der Waals surface area contributed by atoms with Gasteiger partial charge in [0.05, 0.1) is 13.2 Å². The maximum Gasteiger partial charge on any atom is 0.291 e. The van der Waals surface area contributed by atoms with Crippen LogP contribution in [-0.2, 0) is 17.8 Å². The van der Waals surface area contributed by atoms with Gasteiger partial charge in [-0.2, -0.15) is 0 Å². The summed E-state index contributed by atoms with van der Waals surface area (Å²) in [5, 5.41) is 2.82. The summed E-state index contributed by atoms with van der Waals surface area (Å²) < 4.78 is 17.0. The van der Waals surface area contributed by atoms with Crippen LogP contribution >= 0.6 is 0 Å². The lowest BCUT2D eigenvalue weighted by atomic mass is 9.87. The molecule has 1 saturated carbocycles. The number of carbonyl (C=O) groups excluding carboxylic acids is 2. The van der Waals surface area contributed by atoms with E-state index in [9.17, 15) is 9.59 Å². The highest BCUT2D eigenvalue weighted by molar-refractivity contribution is 6.02. The molecule has 7 nitrogen and oxygen atoms in total. The second kappa shape index (κ2) is 10.9. The summed E-state index contributed by atoms with van der Waals surface area (Å²) in [5.41, 5.74) is 5.27. The zero-order valence-corrected chi connectivity index (χ0v) is 22.7. The minimum atomic E-state index is -0.341. The van der Waals surface area contributed by atoms with Crippen molar-refractivity contribution in [2.75, 3.05) is 19.0 Å². The van der Waals surface area contributed by atoms with Crippen LogP contribution in [0.2, 0.25) is 0 Å². The van der Waals surface area contributed by atoms with Gasteiger partial charge in [-0.1, -0.05) is 35.9 Å². The lowest BCUT2D eigenvalue weighted by Gasteiger charge is -2.38.